The molecule has 1 heterocycles. The lowest BCUT2D eigenvalue weighted by molar-refractivity contribution is -0.190. The molecule has 0 aliphatic heterocycles. The molecule has 0 spiro atoms. The van der Waals surface area contributed by atoms with Crippen LogP contribution in [0.2, 0.25) is 0 Å². The van der Waals surface area contributed by atoms with Crippen molar-refractivity contribution in [3.05, 3.63) is 23.4 Å². The number of hydrogen-bond donors (Lipinski definition) is 1. The zero-order valence-electron chi connectivity index (χ0n) is 8.88. The molecule has 0 saturated heterocycles. The lowest BCUT2D eigenvalue weighted by atomic mass is 10.2. The number of rotatable bonds is 3. The van der Waals surface area contributed by atoms with E-state index < -0.39 is 12.3 Å². The molecule has 0 aromatic carbocycles. The van der Waals surface area contributed by atoms with Crippen molar-refractivity contribution in [3.63, 3.8) is 0 Å². The van der Waals surface area contributed by atoms with Crippen molar-refractivity contribution in [2.75, 3.05) is 0 Å². The number of pyridine rings is 1. The van der Waals surface area contributed by atoms with E-state index in [1.165, 1.54) is 12.3 Å². The average Bonchev–Trinajstić information content (AvgIpc) is 2.19. The van der Waals surface area contributed by atoms with Gasteiger partial charge in [-0.2, -0.15) is 13.2 Å². The van der Waals surface area contributed by atoms with Crippen LogP contribution in [0.15, 0.2) is 12.3 Å². The second-order valence-corrected chi connectivity index (χ2v) is 3.43. The maximum atomic E-state index is 12.2. The summed E-state index contributed by atoms with van der Waals surface area (Å²) in [5.41, 5.74) is 0.993. The summed E-state index contributed by atoms with van der Waals surface area (Å²) in [6, 6.07) is 1.53. The van der Waals surface area contributed by atoms with Crippen LogP contribution in [-0.2, 0) is 6.61 Å². The highest BCUT2D eigenvalue weighted by molar-refractivity contribution is 5.28. The second-order valence-electron chi connectivity index (χ2n) is 3.43. The van der Waals surface area contributed by atoms with Crippen LogP contribution in [0.25, 0.3) is 0 Å². The third-order valence-corrected chi connectivity index (χ3v) is 2.02. The Morgan fingerprint density at radius 2 is 2.12 bits per heavy atom. The van der Waals surface area contributed by atoms with Gasteiger partial charge in [-0.25, -0.2) is 4.98 Å². The summed E-state index contributed by atoms with van der Waals surface area (Å²) in [4.78, 5) is 3.72. The van der Waals surface area contributed by atoms with Crippen LogP contribution in [0.4, 0.5) is 13.2 Å². The fourth-order valence-corrected chi connectivity index (χ4v) is 1.06. The molecule has 0 radical (unpaired) electrons. The van der Waals surface area contributed by atoms with E-state index in [-0.39, 0.29) is 12.5 Å². The van der Waals surface area contributed by atoms with Crippen molar-refractivity contribution >= 4 is 0 Å². The topological polar surface area (TPSA) is 42.4 Å². The summed E-state index contributed by atoms with van der Waals surface area (Å²) in [7, 11) is 0. The van der Waals surface area contributed by atoms with Gasteiger partial charge in [-0.05, 0) is 25.5 Å². The van der Waals surface area contributed by atoms with Gasteiger partial charge in [-0.15, -0.1) is 0 Å². The van der Waals surface area contributed by atoms with Gasteiger partial charge in [-0.1, -0.05) is 0 Å². The Kier molecular flexibility index (Phi) is 3.74. The van der Waals surface area contributed by atoms with E-state index in [1.54, 1.807) is 6.92 Å². The van der Waals surface area contributed by atoms with Crippen LogP contribution < -0.4 is 4.74 Å². The standard InChI is InChI=1S/C10H12F3NO2/c1-6-3-8(5-15)4-14-9(6)16-7(2)10(11,12)13/h3-4,7,15H,5H2,1-2H3/t7-/m0/s1. The Balaban J connectivity index is 2.82. The summed E-state index contributed by atoms with van der Waals surface area (Å²) in [6.07, 6.45) is -5.03. The highest BCUT2D eigenvalue weighted by Crippen LogP contribution is 2.25. The maximum absolute atomic E-state index is 12.2. The van der Waals surface area contributed by atoms with Crippen molar-refractivity contribution in [2.45, 2.75) is 32.7 Å². The van der Waals surface area contributed by atoms with Crippen molar-refractivity contribution in [3.8, 4) is 5.88 Å². The van der Waals surface area contributed by atoms with Gasteiger partial charge in [0.25, 0.3) is 0 Å². The van der Waals surface area contributed by atoms with Gasteiger partial charge in [0.05, 0.1) is 6.61 Å². The third-order valence-electron chi connectivity index (χ3n) is 2.02. The van der Waals surface area contributed by atoms with E-state index in [0.717, 1.165) is 6.92 Å². The number of aliphatic hydroxyl groups is 1. The molecule has 0 aliphatic rings. The Morgan fingerprint density at radius 3 is 2.56 bits per heavy atom. The number of alkyl halides is 3. The van der Waals surface area contributed by atoms with Crippen LogP contribution in [0, 0.1) is 6.92 Å². The van der Waals surface area contributed by atoms with Gasteiger partial charge in [0.15, 0.2) is 6.10 Å². The predicted molar refractivity (Wildman–Crippen MR) is 51.0 cm³/mol. The molecule has 1 aromatic rings. The molecule has 0 bridgehead atoms. The normalized spacial score (nSPS) is 13.6. The first-order valence-corrected chi connectivity index (χ1v) is 4.64. The molecular weight excluding hydrogens is 223 g/mol. The van der Waals surface area contributed by atoms with Crippen LogP contribution in [0.1, 0.15) is 18.1 Å². The van der Waals surface area contributed by atoms with Gasteiger partial charge in [0.1, 0.15) is 0 Å². The van der Waals surface area contributed by atoms with E-state index in [0.29, 0.717) is 11.1 Å². The van der Waals surface area contributed by atoms with E-state index >= 15 is 0 Å². The number of hydrogen-bond acceptors (Lipinski definition) is 3. The lowest BCUT2D eigenvalue weighted by Gasteiger charge is -2.18. The predicted octanol–water partition coefficient (Wildman–Crippen LogP) is 2.21. The molecule has 0 amide bonds. The smallest absolute Gasteiger partial charge is 0.425 e. The van der Waals surface area contributed by atoms with Crippen molar-refractivity contribution in [1.82, 2.24) is 4.98 Å². The Hall–Kier alpha value is -1.30. The second kappa shape index (κ2) is 4.69. The van der Waals surface area contributed by atoms with Crippen LogP contribution in [0.5, 0.6) is 5.88 Å². The first kappa shape index (κ1) is 12.8. The maximum Gasteiger partial charge on any atom is 0.425 e. The van der Waals surface area contributed by atoms with Gasteiger partial charge >= 0.3 is 6.18 Å². The number of aromatic nitrogens is 1. The molecule has 0 saturated carbocycles. The molecule has 90 valence electrons. The molecule has 0 aliphatic carbocycles. The van der Waals surface area contributed by atoms with E-state index in [4.69, 9.17) is 9.84 Å². The minimum absolute atomic E-state index is 0.0676. The molecule has 6 heteroatoms. The highest BCUT2D eigenvalue weighted by Gasteiger charge is 2.38. The monoisotopic (exact) mass is 235 g/mol. The first-order chi connectivity index (χ1) is 7.34. The summed E-state index contributed by atoms with van der Waals surface area (Å²) in [5, 5.41) is 8.80. The molecule has 3 nitrogen and oxygen atoms in total. The lowest BCUT2D eigenvalue weighted by Crippen LogP contribution is -2.31. The van der Waals surface area contributed by atoms with E-state index in [2.05, 4.69) is 4.98 Å². The van der Waals surface area contributed by atoms with Crippen LogP contribution in [-0.4, -0.2) is 22.4 Å². The molecule has 0 unspecified atom stereocenters. The Labute approximate surface area is 90.9 Å². The van der Waals surface area contributed by atoms with Gasteiger partial charge < -0.3 is 9.84 Å². The zero-order chi connectivity index (χ0) is 12.3. The van der Waals surface area contributed by atoms with E-state index in [9.17, 15) is 13.2 Å². The summed E-state index contributed by atoms with van der Waals surface area (Å²) in [5.74, 6) is -0.0676. The first-order valence-electron chi connectivity index (χ1n) is 4.64. The number of ether oxygens (including phenoxy) is 1. The largest absolute Gasteiger partial charge is 0.465 e. The third kappa shape index (κ3) is 3.10. The zero-order valence-corrected chi connectivity index (χ0v) is 8.88. The quantitative estimate of drug-likeness (QED) is 0.873. The van der Waals surface area contributed by atoms with Gasteiger partial charge in [0.2, 0.25) is 5.88 Å². The van der Waals surface area contributed by atoms with Gasteiger partial charge in [0, 0.05) is 11.8 Å². The minimum Gasteiger partial charge on any atom is -0.465 e. The molecule has 1 aromatic heterocycles. The molecule has 1 atom stereocenters. The van der Waals surface area contributed by atoms with E-state index in [1.807, 2.05) is 0 Å². The minimum atomic E-state index is -4.41. The summed E-state index contributed by atoms with van der Waals surface area (Å²) in [6.45, 7) is 2.29. The Morgan fingerprint density at radius 1 is 1.50 bits per heavy atom. The molecule has 0 fully saturated rings. The molecule has 1 N–H and O–H groups in total. The highest BCUT2D eigenvalue weighted by atomic mass is 19.4. The fourth-order valence-electron chi connectivity index (χ4n) is 1.06. The Bertz CT molecular complexity index is 366. The van der Waals surface area contributed by atoms with Crippen LogP contribution >= 0.6 is 0 Å². The summed E-state index contributed by atoms with van der Waals surface area (Å²) < 4.78 is 41.3. The van der Waals surface area contributed by atoms with Gasteiger partial charge in [-0.3, -0.25) is 0 Å². The number of nitrogens with zero attached hydrogens (tertiary/aromatic N) is 1. The molecule has 16 heavy (non-hydrogen) atoms. The van der Waals surface area contributed by atoms with Crippen molar-refractivity contribution in [1.29, 1.82) is 0 Å². The summed E-state index contributed by atoms with van der Waals surface area (Å²) >= 11 is 0. The SMILES string of the molecule is Cc1cc(CO)cnc1O[C@@H](C)C(F)(F)F. The van der Waals surface area contributed by atoms with Crippen molar-refractivity contribution in [2.24, 2.45) is 0 Å². The molecule has 1 rings (SSSR count). The molecular formula is C10H12F3NO2. The van der Waals surface area contributed by atoms with Crippen LogP contribution in [0.3, 0.4) is 0 Å². The number of aliphatic hydroxyl groups excluding tert-OH is 1. The van der Waals surface area contributed by atoms with Crippen molar-refractivity contribution < 1.29 is 23.0 Å². The fraction of sp³-hybridized carbons (Fsp3) is 0.500. The number of halogens is 3. The number of aryl methyl sites for hydroxylation is 1. The average molecular weight is 235 g/mol.